The van der Waals surface area contributed by atoms with Crippen LogP contribution in [0.4, 0.5) is 5.69 Å². The molecular weight excluding hydrogens is 418 g/mol. The van der Waals surface area contributed by atoms with Crippen LogP contribution in [0.15, 0.2) is 41.8 Å². The highest BCUT2D eigenvalue weighted by molar-refractivity contribution is 7.98. The van der Waals surface area contributed by atoms with E-state index in [1.54, 1.807) is 24.9 Å². The van der Waals surface area contributed by atoms with Crippen LogP contribution in [-0.4, -0.2) is 64.5 Å². The second-order valence-corrected chi connectivity index (χ2v) is 9.08. The van der Waals surface area contributed by atoms with Gasteiger partial charge in [-0.05, 0) is 68.9 Å². The number of benzene rings is 1. The summed E-state index contributed by atoms with van der Waals surface area (Å²) in [6.45, 7) is 8.12. The Balaban J connectivity index is 1.71. The number of carbonyl (C=O) groups excluding carboxylic acids is 1. The number of hydrogen-bond donors (Lipinski definition) is 0. The third kappa shape index (κ3) is 4.74. The van der Waals surface area contributed by atoms with E-state index in [4.69, 9.17) is 4.98 Å². The zero-order valence-corrected chi connectivity index (χ0v) is 20.2. The van der Waals surface area contributed by atoms with Crippen LogP contribution in [-0.2, 0) is 11.2 Å². The van der Waals surface area contributed by atoms with Crippen molar-refractivity contribution in [3.63, 3.8) is 0 Å². The van der Waals surface area contributed by atoms with E-state index in [-0.39, 0.29) is 5.78 Å². The van der Waals surface area contributed by atoms with Gasteiger partial charge in [0.2, 0.25) is 0 Å². The zero-order chi connectivity index (χ0) is 22.7. The molecule has 1 fully saturated rings. The van der Waals surface area contributed by atoms with Gasteiger partial charge < -0.3 is 14.2 Å². The van der Waals surface area contributed by atoms with Gasteiger partial charge in [-0.2, -0.15) is 0 Å². The van der Waals surface area contributed by atoms with Gasteiger partial charge in [-0.15, -0.1) is 11.8 Å². The Bertz CT molecular complexity index is 1150. The fraction of sp³-hybridized carbons (Fsp3) is 0.400. The average molecular weight is 450 g/mol. The van der Waals surface area contributed by atoms with Crippen LogP contribution in [0, 0.1) is 0 Å². The number of nitrogens with zero attached hydrogens (tertiary/aromatic N) is 5. The molecule has 1 aliphatic rings. The van der Waals surface area contributed by atoms with Crippen molar-refractivity contribution in [1.29, 1.82) is 0 Å². The summed E-state index contributed by atoms with van der Waals surface area (Å²) in [4.78, 5) is 26.6. The van der Waals surface area contributed by atoms with Crippen molar-refractivity contribution in [3.8, 4) is 0 Å². The lowest BCUT2D eigenvalue weighted by Crippen LogP contribution is -2.28. The number of aromatic nitrogens is 3. The number of anilines is 1. The second kappa shape index (κ2) is 9.88. The molecule has 0 N–H and O–H groups in total. The maximum atomic E-state index is 12.6. The van der Waals surface area contributed by atoms with Crippen molar-refractivity contribution in [2.75, 3.05) is 44.4 Å². The minimum absolute atomic E-state index is 0.00810. The summed E-state index contributed by atoms with van der Waals surface area (Å²) in [6, 6.07) is 6.62. The highest BCUT2D eigenvalue weighted by Gasteiger charge is 2.17. The van der Waals surface area contributed by atoms with Gasteiger partial charge in [-0.1, -0.05) is 13.0 Å². The number of imidazole rings is 1. The summed E-state index contributed by atoms with van der Waals surface area (Å²) in [7, 11) is 2.19. The number of Topliss-reactive ketones (excluding diaryl/α,β-unsaturated/α-hetero) is 1. The van der Waals surface area contributed by atoms with E-state index in [9.17, 15) is 4.79 Å². The van der Waals surface area contributed by atoms with Crippen LogP contribution < -0.4 is 4.90 Å². The van der Waals surface area contributed by atoms with E-state index < -0.39 is 0 Å². The van der Waals surface area contributed by atoms with Crippen LogP contribution in [0.25, 0.3) is 17.3 Å². The van der Waals surface area contributed by atoms with Crippen LogP contribution in [0.1, 0.15) is 37.1 Å². The first-order chi connectivity index (χ1) is 15.5. The molecule has 1 aromatic carbocycles. The predicted molar refractivity (Wildman–Crippen MR) is 133 cm³/mol. The van der Waals surface area contributed by atoms with Gasteiger partial charge in [0, 0.05) is 49.5 Å². The number of fused-ring (bicyclic) bond motifs is 1. The summed E-state index contributed by atoms with van der Waals surface area (Å²) < 4.78 is 1.94. The fourth-order valence-corrected chi connectivity index (χ4v) is 4.72. The number of hydrogen-bond acceptors (Lipinski definition) is 6. The number of allylic oxidation sites excluding steroid dienone is 1. The fourth-order valence-electron chi connectivity index (χ4n) is 4.22. The third-order valence-electron chi connectivity index (χ3n) is 6.08. The summed E-state index contributed by atoms with van der Waals surface area (Å²) in [6.07, 6.45) is 11.6. The molecule has 2 aromatic heterocycles. The van der Waals surface area contributed by atoms with Gasteiger partial charge in [0.25, 0.3) is 0 Å². The number of likely N-dealkylation sites (N-methyl/N-ethyl adjacent to an activating group) is 1. The van der Waals surface area contributed by atoms with Crippen molar-refractivity contribution in [2.45, 2.75) is 31.7 Å². The average Bonchev–Trinajstić information content (AvgIpc) is 3.11. The topological polar surface area (TPSA) is 53.7 Å². The largest absolute Gasteiger partial charge is 0.370 e. The predicted octanol–water partition coefficient (Wildman–Crippen LogP) is 4.29. The Labute approximate surface area is 194 Å². The first-order valence-electron chi connectivity index (χ1n) is 11.2. The van der Waals surface area contributed by atoms with E-state index >= 15 is 0 Å². The summed E-state index contributed by atoms with van der Waals surface area (Å²) in [5, 5.41) is 0.850. The third-order valence-corrected chi connectivity index (χ3v) is 6.76. The van der Waals surface area contributed by atoms with Crippen molar-refractivity contribution >= 4 is 40.5 Å². The molecule has 0 radical (unpaired) electrons. The lowest BCUT2D eigenvalue weighted by molar-refractivity contribution is -0.111. The molecule has 0 spiro atoms. The van der Waals surface area contributed by atoms with Crippen LogP contribution >= 0.6 is 11.8 Å². The molecule has 0 saturated carbocycles. The number of carbonyl (C=O) groups is 1. The molecule has 0 aliphatic carbocycles. The van der Waals surface area contributed by atoms with Crippen molar-refractivity contribution < 1.29 is 4.79 Å². The smallest absolute Gasteiger partial charge is 0.170 e. The minimum Gasteiger partial charge on any atom is -0.370 e. The number of rotatable bonds is 6. The van der Waals surface area contributed by atoms with Crippen molar-refractivity contribution in [2.24, 2.45) is 0 Å². The summed E-state index contributed by atoms with van der Waals surface area (Å²) in [5.74, 6) is 0.00810. The molecule has 0 amide bonds. The Morgan fingerprint density at radius 2 is 2.06 bits per heavy atom. The van der Waals surface area contributed by atoms with Crippen molar-refractivity contribution in [1.82, 2.24) is 19.3 Å². The molecule has 6 nitrogen and oxygen atoms in total. The maximum Gasteiger partial charge on any atom is 0.170 e. The quantitative estimate of drug-likeness (QED) is 0.413. The molecule has 7 heteroatoms. The van der Waals surface area contributed by atoms with Crippen LogP contribution in [0.5, 0.6) is 0 Å². The van der Waals surface area contributed by atoms with Gasteiger partial charge in [-0.3, -0.25) is 4.79 Å². The van der Waals surface area contributed by atoms with Gasteiger partial charge >= 0.3 is 0 Å². The SMILES string of the molecule is CCc1cc(N2CCCN(C)CC2)ccc1/C=C(\C(C)=O)c1cn2ccnc(SC)c2n1. The van der Waals surface area contributed by atoms with Crippen molar-refractivity contribution in [3.05, 3.63) is 53.6 Å². The molecule has 32 heavy (non-hydrogen) atoms. The van der Waals surface area contributed by atoms with E-state index in [1.807, 2.05) is 29.1 Å². The lowest BCUT2D eigenvalue weighted by Gasteiger charge is -2.24. The van der Waals surface area contributed by atoms with Crippen LogP contribution in [0.2, 0.25) is 0 Å². The molecule has 3 heterocycles. The zero-order valence-electron chi connectivity index (χ0n) is 19.3. The molecular formula is C25H31N5OS. The van der Waals surface area contributed by atoms with Crippen LogP contribution in [0.3, 0.4) is 0 Å². The first-order valence-corrected chi connectivity index (χ1v) is 12.4. The summed E-state index contributed by atoms with van der Waals surface area (Å²) >= 11 is 1.55. The van der Waals surface area contributed by atoms with E-state index in [0.717, 1.165) is 48.8 Å². The van der Waals surface area contributed by atoms with Gasteiger partial charge in [0.05, 0.1) is 5.69 Å². The molecule has 0 bridgehead atoms. The molecule has 168 valence electrons. The molecule has 0 unspecified atom stereocenters. The van der Waals surface area contributed by atoms with Gasteiger partial charge in [-0.25, -0.2) is 9.97 Å². The molecule has 1 saturated heterocycles. The molecule has 4 rings (SSSR count). The Morgan fingerprint density at radius 3 is 2.81 bits per heavy atom. The molecule has 3 aromatic rings. The van der Waals surface area contributed by atoms with Gasteiger partial charge in [0.15, 0.2) is 11.4 Å². The highest BCUT2D eigenvalue weighted by atomic mass is 32.2. The number of thioether (sulfide) groups is 1. The van der Waals surface area contributed by atoms with E-state index in [0.29, 0.717) is 11.3 Å². The normalized spacial score (nSPS) is 15.9. The standard InChI is InChI=1S/C25H31N5OS/c1-5-19-15-21(29-11-6-10-28(3)13-14-29)8-7-20(19)16-22(18(2)31)23-17-30-12-9-26-25(32-4)24(30)27-23/h7-9,12,15-17H,5-6,10-11,13-14H2,1-4H3/b22-16+. The lowest BCUT2D eigenvalue weighted by atomic mass is 9.99. The minimum atomic E-state index is 0.00810. The molecule has 0 atom stereocenters. The van der Waals surface area contributed by atoms with Gasteiger partial charge in [0.1, 0.15) is 5.03 Å². The number of ketones is 1. The summed E-state index contributed by atoms with van der Waals surface area (Å²) in [5.41, 5.74) is 5.67. The first kappa shape index (κ1) is 22.6. The highest BCUT2D eigenvalue weighted by Crippen LogP contribution is 2.27. The van der Waals surface area contributed by atoms with E-state index in [2.05, 4.69) is 47.0 Å². The number of aryl methyl sites for hydroxylation is 1. The van der Waals surface area contributed by atoms with E-state index in [1.165, 1.54) is 17.7 Å². The second-order valence-electron chi connectivity index (χ2n) is 8.29. The Kier molecular flexibility index (Phi) is 6.96. The molecule has 1 aliphatic heterocycles. The Hall–Kier alpha value is -2.64. The maximum absolute atomic E-state index is 12.6. The Morgan fingerprint density at radius 1 is 1.22 bits per heavy atom. The monoisotopic (exact) mass is 449 g/mol.